The highest BCUT2D eigenvalue weighted by Crippen LogP contribution is 2.22. The van der Waals surface area contributed by atoms with Crippen molar-refractivity contribution in [3.05, 3.63) is 94.0 Å². The van der Waals surface area contributed by atoms with Gasteiger partial charge in [-0.15, -0.1) is 0 Å². The van der Waals surface area contributed by atoms with Crippen LogP contribution in [0, 0.1) is 10.1 Å². The van der Waals surface area contributed by atoms with Gasteiger partial charge in [-0.05, 0) is 60.7 Å². The summed E-state index contributed by atoms with van der Waals surface area (Å²) in [7, 11) is 0. The molecule has 0 spiro atoms. The van der Waals surface area contributed by atoms with E-state index in [1.165, 1.54) is 36.4 Å². The van der Waals surface area contributed by atoms with Gasteiger partial charge in [0, 0.05) is 17.7 Å². The normalized spacial score (nSPS) is 10.6. The predicted octanol–water partition coefficient (Wildman–Crippen LogP) is 5.04. The molecular formula is C20H13N3O5. The number of azo groups is 1. The lowest BCUT2D eigenvalue weighted by atomic mass is 10.2. The van der Waals surface area contributed by atoms with Gasteiger partial charge in [0.15, 0.2) is 0 Å². The molecule has 8 heteroatoms. The number of nitro groups is 1. The largest absolute Gasteiger partial charge is 0.423 e. The van der Waals surface area contributed by atoms with E-state index in [0.29, 0.717) is 34.5 Å². The molecule has 3 aromatic rings. The molecule has 0 aliphatic heterocycles. The lowest BCUT2D eigenvalue weighted by molar-refractivity contribution is -0.384. The second kappa shape index (κ2) is 8.45. The number of hydrogen-bond donors (Lipinski definition) is 0. The quantitative estimate of drug-likeness (QED) is 0.150. The van der Waals surface area contributed by atoms with E-state index in [2.05, 4.69) is 10.2 Å². The summed E-state index contributed by atoms with van der Waals surface area (Å²) in [6.07, 6.45) is 0.704. The standard InChI is InChI=1S/C20H13N3O5/c24-13-14-1-11-19(12-2-14)28-20(25)15-3-5-16(6-4-15)21-22-17-7-9-18(10-8-17)23(26)27/h1-13H. The van der Waals surface area contributed by atoms with Gasteiger partial charge in [-0.3, -0.25) is 14.9 Å². The third-order valence-corrected chi connectivity index (χ3v) is 3.67. The molecule has 0 N–H and O–H groups in total. The Morgan fingerprint density at radius 2 is 1.39 bits per heavy atom. The minimum absolute atomic E-state index is 0.0254. The fourth-order valence-electron chi connectivity index (χ4n) is 2.20. The number of non-ortho nitro benzene ring substituents is 1. The van der Waals surface area contributed by atoms with E-state index in [1.54, 1.807) is 36.4 Å². The lowest BCUT2D eigenvalue weighted by Crippen LogP contribution is -2.08. The number of aldehydes is 1. The summed E-state index contributed by atoms with van der Waals surface area (Å²) in [5.41, 5.74) is 1.76. The smallest absolute Gasteiger partial charge is 0.343 e. The van der Waals surface area contributed by atoms with Crippen LogP contribution in [0.4, 0.5) is 17.1 Å². The van der Waals surface area contributed by atoms with Crippen LogP contribution >= 0.6 is 0 Å². The summed E-state index contributed by atoms with van der Waals surface area (Å²) in [5.74, 6) is -0.213. The highest BCUT2D eigenvalue weighted by molar-refractivity contribution is 5.91. The summed E-state index contributed by atoms with van der Waals surface area (Å²) in [6, 6.07) is 18.1. The number of esters is 1. The van der Waals surface area contributed by atoms with Gasteiger partial charge in [0.2, 0.25) is 0 Å². The first-order chi connectivity index (χ1) is 13.5. The molecule has 0 aliphatic rings. The summed E-state index contributed by atoms with van der Waals surface area (Å²) >= 11 is 0. The van der Waals surface area contributed by atoms with Gasteiger partial charge in [0.1, 0.15) is 12.0 Å². The first-order valence-electron chi connectivity index (χ1n) is 8.09. The Labute approximate surface area is 159 Å². The van der Waals surface area contributed by atoms with Crippen molar-refractivity contribution >= 4 is 29.3 Å². The summed E-state index contributed by atoms with van der Waals surface area (Å²) in [5, 5.41) is 18.6. The molecule has 138 valence electrons. The minimum Gasteiger partial charge on any atom is -0.423 e. The number of ether oxygens (including phenoxy) is 1. The van der Waals surface area contributed by atoms with Crippen molar-refractivity contribution < 1.29 is 19.2 Å². The zero-order valence-electron chi connectivity index (χ0n) is 14.4. The number of rotatable bonds is 6. The molecule has 0 aromatic heterocycles. The second-order valence-electron chi connectivity index (χ2n) is 5.60. The minimum atomic E-state index is -0.544. The topological polar surface area (TPSA) is 111 Å². The third kappa shape index (κ3) is 4.70. The molecule has 0 fully saturated rings. The van der Waals surface area contributed by atoms with E-state index in [0.717, 1.165) is 0 Å². The molecule has 0 heterocycles. The maximum atomic E-state index is 12.1. The average molecular weight is 375 g/mol. The molecule has 0 aliphatic carbocycles. The Balaban J connectivity index is 1.64. The highest BCUT2D eigenvalue weighted by Gasteiger charge is 2.09. The van der Waals surface area contributed by atoms with E-state index < -0.39 is 10.9 Å². The molecule has 28 heavy (non-hydrogen) atoms. The van der Waals surface area contributed by atoms with Gasteiger partial charge < -0.3 is 4.74 Å². The van der Waals surface area contributed by atoms with Gasteiger partial charge in [0.05, 0.1) is 21.9 Å². The van der Waals surface area contributed by atoms with Crippen LogP contribution in [0.1, 0.15) is 20.7 Å². The SMILES string of the molecule is O=Cc1ccc(OC(=O)c2ccc(N=Nc3ccc([N+](=O)[O-])cc3)cc2)cc1. The van der Waals surface area contributed by atoms with Gasteiger partial charge in [-0.2, -0.15) is 10.2 Å². The van der Waals surface area contributed by atoms with E-state index in [9.17, 15) is 19.7 Å². The number of carbonyl (C=O) groups excluding carboxylic acids is 2. The summed E-state index contributed by atoms with van der Waals surface area (Å²) in [6.45, 7) is 0. The first kappa shape index (κ1) is 18.6. The van der Waals surface area contributed by atoms with Crippen LogP contribution in [0.5, 0.6) is 5.75 Å². The van der Waals surface area contributed by atoms with Crippen molar-refractivity contribution in [1.82, 2.24) is 0 Å². The molecule has 0 atom stereocenters. The molecule has 0 amide bonds. The van der Waals surface area contributed by atoms with Crippen LogP contribution < -0.4 is 4.74 Å². The lowest BCUT2D eigenvalue weighted by Gasteiger charge is -2.04. The van der Waals surface area contributed by atoms with Crippen molar-refractivity contribution in [2.24, 2.45) is 10.2 Å². The van der Waals surface area contributed by atoms with Gasteiger partial charge in [-0.25, -0.2) is 4.79 Å². The Kier molecular flexibility index (Phi) is 5.61. The van der Waals surface area contributed by atoms with Crippen molar-refractivity contribution in [2.75, 3.05) is 0 Å². The maximum Gasteiger partial charge on any atom is 0.343 e. The number of carbonyl (C=O) groups is 2. The molecule has 0 bridgehead atoms. The van der Waals surface area contributed by atoms with Gasteiger partial charge >= 0.3 is 5.97 Å². The van der Waals surface area contributed by atoms with Crippen LogP contribution in [0.15, 0.2) is 83.0 Å². The Morgan fingerprint density at radius 1 is 0.857 bits per heavy atom. The van der Waals surface area contributed by atoms with Crippen molar-refractivity contribution in [3.63, 3.8) is 0 Å². The molecule has 3 aromatic carbocycles. The number of hydrogen-bond acceptors (Lipinski definition) is 7. The highest BCUT2D eigenvalue weighted by atomic mass is 16.6. The number of nitro benzene ring substituents is 1. The molecule has 8 nitrogen and oxygen atoms in total. The van der Waals surface area contributed by atoms with E-state index in [-0.39, 0.29) is 5.69 Å². The average Bonchev–Trinajstić information content (AvgIpc) is 2.73. The van der Waals surface area contributed by atoms with Crippen LogP contribution in [0.25, 0.3) is 0 Å². The molecular weight excluding hydrogens is 362 g/mol. The fraction of sp³-hybridized carbons (Fsp3) is 0. The van der Waals surface area contributed by atoms with E-state index >= 15 is 0 Å². The van der Waals surface area contributed by atoms with Crippen LogP contribution in [-0.4, -0.2) is 17.2 Å². The van der Waals surface area contributed by atoms with Gasteiger partial charge in [0.25, 0.3) is 5.69 Å². The van der Waals surface area contributed by atoms with Crippen molar-refractivity contribution in [3.8, 4) is 5.75 Å². The van der Waals surface area contributed by atoms with Crippen molar-refractivity contribution in [1.29, 1.82) is 0 Å². The van der Waals surface area contributed by atoms with Crippen molar-refractivity contribution in [2.45, 2.75) is 0 Å². The zero-order valence-corrected chi connectivity index (χ0v) is 14.4. The Hall–Kier alpha value is -4.20. The Bertz CT molecular complexity index is 1030. The molecule has 0 radical (unpaired) electrons. The molecule has 0 unspecified atom stereocenters. The van der Waals surface area contributed by atoms with Crippen LogP contribution in [0.3, 0.4) is 0 Å². The second-order valence-corrected chi connectivity index (χ2v) is 5.60. The summed E-state index contributed by atoms with van der Waals surface area (Å²) < 4.78 is 5.24. The first-order valence-corrected chi connectivity index (χ1v) is 8.09. The number of benzene rings is 3. The zero-order chi connectivity index (χ0) is 19.9. The van der Waals surface area contributed by atoms with Gasteiger partial charge in [-0.1, -0.05) is 0 Å². The maximum absolute atomic E-state index is 12.1. The predicted molar refractivity (Wildman–Crippen MR) is 101 cm³/mol. The Morgan fingerprint density at radius 3 is 1.89 bits per heavy atom. The van der Waals surface area contributed by atoms with E-state index in [4.69, 9.17) is 4.74 Å². The fourth-order valence-corrected chi connectivity index (χ4v) is 2.20. The summed E-state index contributed by atoms with van der Waals surface area (Å²) in [4.78, 5) is 32.9. The number of nitrogens with zero attached hydrogens (tertiary/aromatic N) is 3. The van der Waals surface area contributed by atoms with Crippen LogP contribution in [0.2, 0.25) is 0 Å². The van der Waals surface area contributed by atoms with E-state index in [1.807, 2.05) is 0 Å². The van der Waals surface area contributed by atoms with Crippen LogP contribution in [-0.2, 0) is 0 Å². The third-order valence-electron chi connectivity index (χ3n) is 3.67. The monoisotopic (exact) mass is 375 g/mol. The molecule has 0 saturated heterocycles. The molecule has 3 rings (SSSR count). The molecule has 0 saturated carbocycles.